The average Bonchev–Trinajstić information content (AvgIpc) is 3.15. The molecule has 1 atom stereocenters. The number of hydrogen-bond acceptors (Lipinski definition) is 2. The normalized spacial score (nSPS) is 17.1. The largest absolute Gasteiger partial charge is 0.372 e. The van der Waals surface area contributed by atoms with Crippen LogP contribution in [0.4, 0.5) is 4.39 Å². The first-order valence-corrected chi connectivity index (χ1v) is 6.40. The van der Waals surface area contributed by atoms with Crippen molar-refractivity contribution in [1.29, 1.82) is 0 Å². The highest BCUT2D eigenvalue weighted by molar-refractivity contribution is 5.19. The quantitative estimate of drug-likeness (QED) is 0.787. The van der Waals surface area contributed by atoms with Crippen molar-refractivity contribution in [3.63, 3.8) is 0 Å². The molecule has 1 saturated carbocycles. The minimum absolute atomic E-state index is 0.0381. The number of benzene rings is 1. The number of rotatable bonds is 7. The third kappa shape index (κ3) is 4.10. The van der Waals surface area contributed by atoms with Crippen molar-refractivity contribution in [3.8, 4) is 0 Å². The number of halogens is 1. The maximum atomic E-state index is 12.9. The third-order valence-corrected chi connectivity index (χ3v) is 2.93. The van der Waals surface area contributed by atoms with E-state index in [9.17, 15) is 4.39 Å². The van der Waals surface area contributed by atoms with Crippen LogP contribution in [0.25, 0.3) is 0 Å². The molecule has 3 heteroatoms. The highest BCUT2D eigenvalue weighted by Gasteiger charge is 2.22. The molecule has 1 aromatic carbocycles. The van der Waals surface area contributed by atoms with E-state index >= 15 is 0 Å². The zero-order chi connectivity index (χ0) is 12.1. The van der Waals surface area contributed by atoms with E-state index in [0.29, 0.717) is 6.04 Å². The van der Waals surface area contributed by atoms with Gasteiger partial charge < -0.3 is 10.1 Å². The van der Waals surface area contributed by atoms with Gasteiger partial charge in [0.05, 0.1) is 6.10 Å². The first-order chi connectivity index (χ1) is 8.29. The molecule has 17 heavy (non-hydrogen) atoms. The Balaban J connectivity index is 1.93. The Hall–Kier alpha value is -0.930. The van der Waals surface area contributed by atoms with Crippen LogP contribution in [0.15, 0.2) is 24.3 Å². The summed E-state index contributed by atoms with van der Waals surface area (Å²) in [6.45, 7) is 3.65. The minimum Gasteiger partial charge on any atom is -0.372 e. The Morgan fingerprint density at radius 3 is 2.65 bits per heavy atom. The van der Waals surface area contributed by atoms with E-state index in [1.807, 2.05) is 12.1 Å². The summed E-state index contributed by atoms with van der Waals surface area (Å²) in [4.78, 5) is 0. The fourth-order valence-corrected chi connectivity index (χ4v) is 1.77. The van der Waals surface area contributed by atoms with E-state index in [2.05, 4.69) is 12.2 Å². The summed E-state index contributed by atoms with van der Waals surface area (Å²) in [5.41, 5.74) is 1.05. The monoisotopic (exact) mass is 237 g/mol. The smallest absolute Gasteiger partial charge is 0.123 e. The average molecular weight is 237 g/mol. The molecule has 0 radical (unpaired) electrons. The predicted octanol–water partition coefficient (Wildman–Crippen LogP) is 3.05. The summed E-state index contributed by atoms with van der Waals surface area (Å²) in [5, 5.41) is 3.46. The van der Waals surface area contributed by atoms with Crippen LogP contribution in [0.5, 0.6) is 0 Å². The molecule has 2 nitrogen and oxygen atoms in total. The molecule has 1 N–H and O–H groups in total. The van der Waals surface area contributed by atoms with Gasteiger partial charge >= 0.3 is 0 Å². The van der Waals surface area contributed by atoms with Crippen molar-refractivity contribution in [2.24, 2.45) is 0 Å². The highest BCUT2D eigenvalue weighted by Crippen LogP contribution is 2.22. The molecular weight excluding hydrogens is 217 g/mol. The summed E-state index contributed by atoms with van der Waals surface area (Å²) < 4.78 is 18.7. The molecule has 0 aliphatic heterocycles. The lowest BCUT2D eigenvalue weighted by molar-refractivity contribution is 0.0527. The van der Waals surface area contributed by atoms with Gasteiger partial charge in [0.15, 0.2) is 0 Å². The maximum Gasteiger partial charge on any atom is 0.123 e. The maximum absolute atomic E-state index is 12.9. The molecule has 1 aliphatic carbocycles. The van der Waals surface area contributed by atoms with Gasteiger partial charge in [0.25, 0.3) is 0 Å². The molecule has 0 amide bonds. The van der Waals surface area contributed by atoms with Crippen molar-refractivity contribution in [3.05, 3.63) is 35.6 Å². The second-order valence-corrected chi connectivity index (χ2v) is 4.59. The predicted molar refractivity (Wildman–Crippen MR) is 66.4 cm³/mol. The number of nitrogens with one attached hydrogen (secondary N) is 1. The Morgan fingerprint density at radius 2 is 2.06 bits per heavy atom. The van der Waals surface area contributed by atoms with Gasteiger partial charge in [-0.3, -0.25) is 0 Å². The summed E-state index contributed by atoms with van der Waals surface area (Å²) in [5.74, 6) is -0.196. The molecule has 0 saturated heterocycles. The van der Waals surface area contributed by atoms with Crippen LogP contribution in [0.2, 0.25) is 0 Å². The second kappa shape index (κ2) is 6.12. The van der Waals surface area contributed by atoms with Crippen molar-refractivity contribution in [2.45, 2.75) is 38.3 Å². The van der Waals surface area contributed by atoms with Crippen LogP contribution < -0.4 is 5.32 Å². The molecule has 1 unspecified atom stereocenters. The van der Waals surface area contributed by atoms with E-state index in [0.717, 1.165) is 25.1 Å². The van der Waals surface area contributed by atoms with Crippen LogP contribution >= 0.6 is 0 Å². The summed E-state index contributed by atoms with van der Waals surface area (Å²) in [7, 11) is 0. The molecule has 0 heterocycles. The zero-order valence-corrected chi connectivity index (χ0v) is 10.3. The summed E-state index contributed by atoms with van der Waals surface area (Å²) in [6, 6.07) is 7.28. The first kappa shape index (κ1) is 12.5. The zero-order valence-electron chi connectivity index (χ0n) is 10.3. The fourth-order valence-electron chi connectivity index (χ4n) is 1.77. The van der Waals surface area contributed by atoms with Gasteiger partial charge in [-0.25, -0.2) is 4.39 Å². The van der Waals surface area contributed by atoms with Gasteiger partial charge in [-0.2, -0.15) is 0 Å². The van der Waals surface area contributed by atoms with Gasteiger partial charge in [0.2, 0.25) is 0 Å². The molecule has 0 bridgehead atoms. The molecule has 0 aromatic heterocycles. The number of ether oxygens (including phenoxy) is 1. The number of hydrogen-bond donors (Lipinski definition) is 1. The Kier molecular flexibility index (Phi) is 4.51. The van der Waals surface area contributed by atoms with Crippen LogP contribution in [0, 0.1) is 5.82 Å². The van der Waals surface area contributed by atoms with Gasteiger partial charge in [-0.15, -0.1) is 0 Å². The molecule has 94 valence electrons. The van der Waals surface area contributed by atoms with Gasteiger partial charge in [0.1, 0.15) is 5.82 Å². The van der Waals surface area contributed by atoms with E-state index in [1.54, 1.807) is 0 Å². The molecular formula is C14H20FNO. The Labute approximate surface area is 102 Å². The first-order valence-electron chi connectivity index (χ1n) is 6.40. The molecule has 2 rings (SSSR count). The van der Waals surface area contributed by atoms with Crippen molar-refractivity contribution >= 4 is 0 Å². The molecule has 0 spiro atoms. The SMILES string of the molecule is CCCOC(CNC1CC1)c1ccc(F)cc1. The van der Waals surface area contributed by atoms with Gasteiger partial charge in [-0.1, -0.05) is 19.1 Å². The lowest BCUT2D eigenvalue weighted by Gasteiger charge is -2.18. The van der Waals surface area contributed by atoms with Crippen LogP contribution in [-0.4, -0.2) is 19.2 Å². The van der Waals surface area contributed by atoms with Crippen LogP contribution in [0.3, 0.4) is 0 Å². The van der Waals surface area contributed by atoms with Crippen molar-refractivity contribution in [1.82, 2.24) is 5.32 Å². The molecule has 1 fully saturated rings. The topological polar surface area (TPSA) is 21.3 Å². The van der Waals surface area contributed by atoms with Crippen molar-refractivity contribution < 1.29 is 9.13 Å². The minimum atomic E-state index is -0.196. The summed E-state index contributed by atoms with van der Waals surface area (Å²) >= 11 is 0. The Bertz CT molecular complexity index is 335. The molecule has 1 aliphatic rings. The van der Waals surface area contributed by atoms with E-state index < -0.39 is 0 Å². The lowest BCUT2D eigenvalue weighted by Crippen LogP contribution is -2.25. The van der Waals surface area contributed by atoms with Crippen LogP contribution in [-0.2, 0) is 4.74 Å². The fraction of sp³-hybridized carbons (Fsp3) is 0.571. The highest BCUT2D eigenvalue weighted by atomic mass is 19.1. The van der Waals surface area contributed by atoms with E-state index in [4.69, 9.17) is 4.74 Å². The molecule has 1 aromatic rings. The summed E-state index contributed by atoms with van der Waals surface area (Å²) in [6.07, 6.45) is 3.57. The third-order valence-electron chi connectivity index (χ3n) is 2.93. The van der Waals surface area contributed by atoms with Crippen LogP contribution in [0.1, 0.15) is 37.9 Å². The lowest BCUT2D eigenvalue weighted by atomic mass is 10.1. The second-order valence-electron chi connectivity index (χ2n) is 4.59. The van der Waals surface area contributed by atoms with E-state index in [1.165, 1.54) is 25.0 Å². The van der Waals surface area contributed by atoms with E-state index in [-0.39, 0.29) is 11.9 Å². The standard InChI is InChI=1S/C14H20FNO/c1-2-9-17-14(10-16-13-7-8-13)11-3-5-12(15)6-4-11/h3-6,13-14,16H,2,7-10H2,1H3. The van der Waals surface area contributed by atoms with Gasteiger partial charge in [-0.05, 0) is 37.0 Å². The van der Waals surface area contributed by atoms with Crippen molar-refractivity contribution in [2.75, 3.05) is 13.2 Å². The Morgan fingerprint density at radius 1 is 1.35 bits per heavy atom. The van der Waals surface area contributed by atoms with Gasteiger partial charge in [0, 0.05) is 19.2 Å².